The molecule has 0 spiro atoms. The van der Waals surface area contributed by atoms with Gasteiger partial charge in [0.25, 0.3) is 5.69 Å². The highest BCUT2D eigenvalue weighted by atomic mass is 16.6. The molecule has 0 unspecified atom stereocenters. The molecule has 20 heavy (non-hydrogen) atoms. The molecule has 1 N–H and O–H groups in total. The molecule has 1 aliphatic heterocycles. The monoisotopic (exact) mass is 277 g/mol. The maximum Gasteiger partial charge on any atom is 0.292 e. The minimum atomic E-state index is -0.321. The molecule has 0 saturated carbocycles. The maximum atomic E-state index is 11.1. The maximum absolute atomic E-state index is 11.1. The van der Waals surface area contributed by atoms with E-state index in [1.807, 2.05) is 6.07 Å². The summed E-state index contributed by atoms with van der Waals surface area (Å²) >= 11 is 0. The van der Waals surface area contributed by atoms with Crippen LogP contribution in [0.2, 0.25) is 0 Å². The minimum Gasteiger partial charge on any atom is -0.383 e. The van der Waals surface area contributed by atoms with Crippen LogP contribution >= 0.6 is 0 Å². The van der Waals surface area contributed by atoms with E-state index in [1.165, 1.54) is 19.3 Å². The van der Waals surface area contributed by atoms with Gasteiger partial charge in [-0.2, -0.15) is 0 Å². The molecular formula is C15H23N3O2. The van der Waals surface area contributed by atoms with Crippen molar-refractivity contribution >= 4 is 11.4 Å². The average Bonchev–Trinajstić information content (AvgIpc) is 2.48. The molecule has 5 nitrogen and oxygen atoms in total. The Bertz CT molecular complexity index is 468. The van der Waals surface area contributed by atoms with Gasteiger partial charge < -0.3 is 5.32 Å². The van der Waals surface area contributed by atoms with E-state index in [0.29, 0.717) is 5.69 Å². The number of rotatable bonds is 5. The number of nitro benzene ring substituents is 1. The molecule has 1 heterocycles. The first-order chi connectivity index (χ1) is 9.63. The van der Waals surface area contributed by atoms with Crippen LogP contribution in [-0.2, 0) is 6.54 Å². The molecule has 2 rings (SSSR count). The zero-order valence-electron chi connectivity index (χ0n) is 12.3. The zero-order chi connectivity index (χ0) is 14.5. The van der Waals surface area contributed by atoms with Crippen molar-refractivity contribution in [1.82, 2.24) is 4.90 Å². The van der Waals surface area contributed by atoms with Crippen LogP contribution in [0.1, 0.15) is 31.7 Å². The summed E-state index contributed by atoms with van der Waals surface area (Å²) in [5.41, 5.74) is 1.75. The number of anilines is 1. The third-order valence-electron chi connectivity index (χ3n) is 4.22. The third-order valence-corrected chi connectivity index (χ3v) is 4.22. The lowest BCUT2D eigenvalue weighted by atomic mass is 9.94. The van der Waals surface area contributed by atoms with Crippen LogP contribution in [0.4, 0.5) is 11.4 Å². The molecule has 0 aliphatic carbocycles. The standard InChI is InChI=1S/C15H23N3O2/c1-3-12-6-8-17(9-7-12)11-13-4-5-14(16-2)15(10-13)18(19)20/h4-5,10,12,16H,3,6-9,11H2,1-2H3. The highest BCUT2D eigenvalue weighted by Gasteiger charge is 2.19. The van der Waals surface area contributed by atoms with Crippen LogP contribution in [0.25, 0.3) is 0 Å². The highest BCUT2D eigenvalue weighted by Crippen LogP contribution is 2.27. The number of likely N-dealkylation sites (tertiary alicyclic amines) is 1. The number of hydrogen-bond acceptors (Lipinski definition) is 4. The average molecular weight is 277 g/mol. The van der Waals surface area contributed by atoms with Crippen molar-refractivity contribution in [1.29, 1.82) is 0 Å². The largest absolute Gasteiger partial charge is 0.383 e. The molecule has 110 valence electrons. The lowest BCUT2D eigenvalue weighted by molar-refractivity contribution is -0.384. The normalized spacial score (nSPS) is 17.1. The summed E-state index contributed by atoms with van der Waals surface area (Å²) in [6, 6.07) is 5.47. The van der Waals surface area contributed by atoms with Gasteiger partial charge in [-0.1, -0.05) is 19.4 Å². The van der Waals surface area contributed by atoms with Crippen LogP contribution < -0.4 is 5.32 Å². The number of piperidine rings is 1. The summed E-state index contributed by atoms with van der Waals surface area (Å²) in [5, 5.41) is 13.9. The Morgan fingerprint density at radius 1 is 1.40 bits per heavy atom. The molecule has 0 amide bonds. The number of benzene rings is 1. The fraction of sp³-hybridized carbons (Fsp3) is 0.600. The number of nitrogens with one attached hydrogen (secondary N) is 1. The SMILES string of the molecule is CCC1CCN(Cc2ccc(NC)c([N+](=O)[O-])c2)CC1. The van der Waals surface area contributed by atoms with E-state index >= 15 is 0 Å². The van der Waals surface area contributed by atoms with E-state index in [0.717, 1.165) is 31.1 Å². The predicted molar refractivity (Wildman–Crippen MR) is 80.9 cm³/mol. The lowest BCUT2D eigenvalue weighted by Gasteiger charge is -2.31. The topological polar surface area (TPSA) is 58.4 Å². The van der Waals surface area contributed by atoms with Crippen LogP contribution in [-0.4, -0.2) is 30.0 Å². The Kier molecular flexibility index (Phi) is 4.95. The van der Waals surface area contributed by atoms with Gasteiger partial charge in [-0.3, -0.25) is 15.0 Å². The van der Waals surface area contributed by atoms with Crippen molar-refractivity contribution in [2.45, 2.75) is 32.7 Å². The number of nitro groups is 1. The smallest absolute Gasteiger partial charge is 0.292 e. The fourth-order valence-corrected chi connectivity index (χ4v) is 2.85. The van der Waals surface area contributed by atoms with Gasteiger partial charge in [0.2, 0.25) is 0 Å². The van der Waals surface area contributed by atoms with Gasteiger partial charge in [-0.25, -0.2) is 0 Å². The van der Waals surface area contributed by atoms with E-state index in [9.17, 15) is 10.1 Å². The van der Waals surface area contributed by atoms with Crippen LogP contribution in [0.3, 0.4) is 0 Å². The summed E-state index contributed by atoms with van der Waals surface area (Å²) in [7, 11) is 1.71. The summed E-state index contributed by atoms with van der Waals surface area (Å²) in [5.74, 6) is 0.854. The first kappa shape index (κ1) is 14.8. The predicted octanol–water partition coefficient (Wildman–Crippen LogP) is 3.26. The Labute approximate surface area is 120 Å². The lowest BCUT2D eigenvalue weighted by Crippen LogP contribution is -2.33. The molecule has 0 aromatic heterocycles. The molecule has 1 aliphatic rings. The quantitative estimate of drug-likeness (QED) is 0.663. The van der Waals surface area contributed by atoms with Gasteiger partial charge >= 0.3 is 0 Å². The van der Waals surface area contributed by atoms with E-state index < -0.39 is 0 Å². The van der Waals surface area contributed by atoms with Gasteiger partial charge in [0.1, 0.15) is 5.69 Å². The van der Waals surface area contributed by atoms with E-state index in [4.69, 9.17) is 0 Å². The third kappa shape index (κ3) is 3.48. The Hall–Kier alpha value is -1.62. The van der Waals surface area contributed by atoms with Crippen molar-refractivity contribution in [3.05, 3.63) is 33.9 Å². The Morgan fingerprint density at radius 2 is 2.10 bits per heavy atom. The summed E-state index contributed by atoms with van der Waals surface area (Å²) < 4.78 is 0. The molecule has 0 bridgehead atoms. The highest BCUT2D eigenvalue weighted by molar-refractivity contribution is 5.62. The molecule has 5 heteroatoms. The molecule has 1 aromatic carbocycles. The van der Waals surface area contributed by atoms with E-state index in [2.05, 4.69) is 17.1 Å². The minimum absolute atomic E-state index is 0.161. The second kappa shape index (κ2) is 6.70. The van der Waals surface area contributed by atoms with Crippen molar-refractivity contribution in [2.75, 3.05) is 25.5 Å². The van der Waals surface area contributed by atoms with Crippen molar-refractivity contribution < 1.29 is 4.92 Å². The summed E-state index contributed by atoms with van der Waals surface area (Å²) in [6.45, 7) is 5.25. The van der Waals surface area contributed by atoms with E-state index in [-0.39, 0.29) is 10.6 Å². The molecular weight excluding hydrogens is 254 g/mol. The number of hydrogen-bond donors (Lipinski definition) is 1. The Balaban J connectivity index is 2.03. The molecule has 0 atom stereocenters. The molecule has 1 saturated heterocycles. The first-order valence-corrected chi connectivity index (χ1v) is 7.31. The number of nitrogens with zero attached hydrogens (tertiary/aromatic N) is 2. The van der Waals surface area contributed by atoms with Crippen LogP contribution in [0.15, 0.2) is 18.2 Å². The van der Waals surface area contributed by atoms with Crippen LogP contribution in [0, 0.1) is 16.0 Å². The van der Waals surface area contributed by atoms with Gasteiger partial charge in [-0.05, 0) is 43.5 Å². The van der Waals surface area contributed by atoms with Gasteiger partial charge in [0.15, 0.2) is 0 Å². The molecule has 1 aromatic rings. The molecule has 0 radical (unpaired) electrons. The van der Waals surface area contributed by atoms with Gasteiger partial charge in [-0.15, -0.1) is 0 Å². The van der Waals surface area contributed by atoms with E-state index in [1.54, 1.807) is 19.2 Å². The summed E-state index contributed by atoms with van der Waals surface area (Å²) in [4.78, 5) is 13.1. The molecule has 1 fully saturated rings. The second-order valence-electron chi connectivity index (χ2n) is 5.49. The Morgan fingerprint density at radius 3 is 2.65 bits per heavy atom. The van der Waals surface area contributed by atoms with Crippen molar-refractivity contribution in [3.8, 4) is 0 Å². The fourth-order valence-electron chi connectivity index (χ4n) is 2.85. The van der Waals surface area contributed by atoms with Crippen LogP contribution in [0.5, 0.6) is 0 Å². The van der Waals surface area contributed by atoms with Gasteiger partial charge in [0, 0.05) is 19.7 Å². The first-order valence-electron chi connectivity index (χ1n) is 7.31. The van der Waals surface area contributed by atoms with Crippen molar-refractivity contribution in [3.63, 3.8) is 0 Å². The zero-order valence-corrected chi connectivity index (χ0v) is 12.3. The van der Waals surface area contributed by atoms with Gasteiger partial charge in [0.05, 0.1) is 4.92 Å². The van der Waals surface area contributed by atoms with Crippen molar-refractivity contribution in [2.24, 2.45) is 5.92 Å². The second-order valence-corrected chi connectivity index (χ2v) is 5.49. The summed E-state index contributed by atoms with van der Waals surface area (Å²) in [6.07, 6.45) is 3.75.